The predicted octanol–water partition coefficient (Wildman–Crippen LogP) is 4.35. The van der Waals surface area contributed by atoms with Crippen molar-refractivity contribution in [3.8, 4) is 5.75 Å². The summed E-state index contributed by atoms with van der Waals surface area (Å²) in [5.74, 6) is 0.712. The molecule has 98 valence electrons. The lowest BCUT2D eigenvalue weighted by atomic mass is 9.89. The van der Waals surface area contributed by atoms with Crippen molar-refractivity contribution in [1.82, 2.24) is 4.98 Å². The molecule has 0 saturated heterocycles. The summed E-state index contributed by atoms with van der Waals surface area (Å²) in [5, 5.41) is 0.913. The number of benzene rings is 2. The number of hydrogen-bond donors (Lipinski definition) is 1. The molecule has 1 N–H and O–H groups in total. The Hall–Kier alpha value is -2.55. The van der Waals surface area contributed by atoms with Gasteiger partial charge in [-0.25, -0.2) is 4.39 Å². The van der Waals surface area contributed by atoms with Crippen LogP contribution in [0.5, 0.6) is 5.75 Å². The number of H-pyrrole nitrogens is 1. The van der Waals surface area contributed by atoms with E-state index in [2.05, 4.69) is 4.98 Å². The predicted molar refractivity (Wildman–Crippen MR) is 76.3 cm³/mol. The monoisotopic (exact) mass is 265 g/mol. The van der Waals surface area contributed by atoms with E-state index in [9.17, 15) is 4.39 Å². The lowest BCUT2D eigenvalue weighted by Gasteiger charge is -2.20. The number of rotatable bonds is 1. The maximum Gasteiger partial charge on any atom is 0.130 e. The van der Waals surface area contributed by atoms with Gasteiger partial charge in [0.2, 0.25) is 0 Å². The lowest BCUT2D eigenvalue weighted by Crippen LogP contribution is -2.04. The van der Waals surface area contributed by atoms with Crippen molar-refractivity contribution < 1.29 is 9.13 Å². The highest BCUT2D eigenvalue weighted by Crippen LogP contribution is 2.38. The molecular formula is C17H12FNO. The van der Waals surface area contributed by atoms with Gasteiger partial charge in [-0.2, -0.15) is 0 Å². The van der Waals surface area contributed by atoms with Gasteiger partial charge in [-0.3, -0.25) is 0 Å². The Balaban J connectivity index is 1.93. The Kier molecular flexibility index (Phi) is 2.39. The summed E-state index contributed by atoms with van der Waals surface area (Å²) in [6.07, 6.45) is 5.64. The third-order valence-electron chi connectivity index (χ3n) is 3.73. The van der Waals surface area contributed by atoms with E-state index in [0.29, 0.717) is 0 Å². The summed E-state index contributed by atoms with van der Waals surface area (Å²) in [6, 6.07) is 12.7. The molecule has 1 atom stereocenters. The summed E-state index contributed by atoms with van der Waals surface area (Å²) < 4.78 is 19.0. The maximum atomic E-state index is 13.5. The van der Waals surface area contributed by atoms with Crippen LogP contribution in [0.15, 0.2) is 61.0 Å². The molecular weight excluding hydrogens is 253 g/mol. The van der Waals surface area contributed by atoms with Crippen LogP contribution in [-0.2, 0) is 0 Å². The third-order valence-corrected chi connectivity index (χ3v) is 3.73. The number of aromatic nitrogens is 1. The molecule has 20 heavy (non-hydrogen) atoms. The Morgan fingerprint density at radius 1 is 1.05 bits per heavy atom. The van der Waals surface area contributed by atoms with E-state index < -0.39 is 0 Å². The first-order chi connectivity index (χ1) is 9.83. The average Bonchev–Trinajstić information content (AvgIpc) is 2.89. The number of fused-ring (bicyclic) bond motifs is 2. The summed E-state index contributed by atoms with van der Waals surface area (Å²) in [4.78, 5) is 3.20. The molecule has 1 aliphatic heterocycles. The van der Waals surface area contributed by atoms with E-state index >= 15 is 0 Å². The molecule has 0 bridgehead atoms. The van der Waals surface area contributed by atoms with Crippen LogP contribution < -0.4 is 4.74 Å². The van der Waals surface area contributed by atoms with Gasteiger partial charge in [-0.05, 0) is 35.9 Å². The molecule has 3 heteroatoms. The van der Waals surface area contributed by atoms with Gasteiger partial charge in [-0.15, -0.1) is 0 Å². The molecule has 0 radical (unpaired) electrons. The van der Waals surface area contributed by atoms with Crippen molar-refractivity contribution >= 4 is 10.9 Å². The molecule has 0 saturated carbocycles. The van der Waals surface area contributed by atoms with Gasteiger partial charge >= 0.3 is 0 Å². The fourth-order valence-electron chi connectivity index (χ4n) is 2.78. The number of nitrogens with one attached hydrogen (secondary N) is 1. The van der Waals surface area contributed by atoms with Crippen LogP contribution in [0.25, 0.3) is 10.9 Å². The van der Waals surface area contributed by atoms with Crippen LogP contribution in [0.3, 0.4) is 0 Å². The molecule has 0 fully saturated rings. The van der Waals surface area contributed by atoms with E-state index in [0.717, 1.165) is 27.8 Å². The maximum absolute atomic E-state index is 13.5. The Morgan fingerprint density at radius 3 is 2.90 bits per heavy atom. The highest BCUT2D eigenvalue weighted by molar-refractivity contribution is 5.84. The van der Waals surface area contributed by atoms with Crippen LogP contribution in [0.2, 0.25) is 0 Å². The van der Waals surface area contributed by atoms with Crippen LogP contribution in [0.1, 0.15) is 17.0 Å². The Bertz CT molecular complexity index is 819. The van der Waals surface area contributed by atoms with E-state index in [1.165, 1.54) is 6.07 Å². The van der Waals surface area contributed by atoms with Gasteiger partial charge in [-0.1, -0.05) is 18.2 Å². The standard InChI is InChI=1S/C17H12FNO/c18-11-5-6-16-14(9-11)15(10-19-16)12-7-8-20-17-4-2-1-3-13(12)17/h1-10,12,19H. The molecule has 0 spiro atoms. The van der Waals surface area contributed by atoms with Crippen LogP contribution >= 0.6 is 0 Å². The minimum Gasteiger partial charge on any atom is -0.465 e. The number of allylic oxidation sites excluding steroid dienone is 1. The number of hydrogen-bond acceptors (Lipinski definition) is 1. The zero-order chi connectivity index (χ0) is 13.5. The van der Waals surface area contributed by atoms with Crippen molar-refractivity contribution in [2.24, 2.45) is 0 Å². The molecule has 2 heterocycles. The minimum atomic E-state index is -0.220. The van der Waals surface area contributed by atoms with Crippen LogP contribution in [0, 0.1) is 5.82 Å². The van der Waals surface area contributed by atoms with E-state index in [1.54, 1.807) is 18.4 Å². The lowest BCUT2D eigenvalue weighted by molar-refractivity contribution is 0.459. The second-order valence-electron chi connectivity index (χ2n) is 4.90. The molecule has 1 aromatic heterocycles. The van der Waals surface area contributed by atoms with Crippen LogP contribution in [0.4, 0.5) is 4.39 Å². The van der Waals surface area contributed by atoms with Crippen molar-refractivity contribution in [2.75, 3.05) is 0 Å². The zero-order valence-electron chi connectivity index (χ0n) is 10.6. The molecule has 2 nitrogen and oxygen atoms in total. The average molecular weight is 265 g/mol. The number of ether oxygens (including phenoxy) is 1. The minimum absolute atomic E-state index is 0.0792. The first-order valence-electron chi connectivity index (χ1n) is 6.52. The molecule has 1 aliphatic rings. The summed E-state index contributed by atoms with van der Waals surface area (Å²) in [7, 11) is 0. The van der Waals surface area contributed by atoms with Crippen molar-refractivity contribution in [3.63, 3.8) is 0 Å². The van der Waals surface area contributed by atoms with Gasteiger partial charge in [0.05, 0.1) is 6.26 Å². The van der Waals surface area contributed by atoms with Gasteiger partial charge in [0.1, 0.15) is 11.6 Å². The fraction of sp³-hybridized carbons (Fsp3) is 0.0588. The summed E-state index contributed by atoms with van der Waals surface area (Å²) in [5.41, 5.74) is 3.10. The van der Waals surface area contributed by atoms with E-state index in [1.807, 2.05) is 36.5 Å². The number of aromatic amines is 1. The van der Waals surface area contributed by atoms with Gasteiger partial charge in [0.25, 0.3) is 0 Å². The smallest absolute Gasteiger partial charge is 0.130 e. The van der Waals surface area contributed by atoms with Crippen LogP contribution in [-0.4, -0.2) is 4.98 Å². The topological polar surface area (TPSA) is 25.0 Å². The third kappa shape index (κ3) is 1.63. The molecule has 3 aromatic rings. The molecule has 4 rings (SSSR count). The molecule has 1 unspecified atom stereocenters. The van der Waals surface area contributed by atoms with Gasteiger partial charge < -0.3 is 9.72 Å². The first-order valence-corrected chi connectivity index (χ1v) is 6.52. The summed E-state index contributed by atoms with van der Waals surface area (Å²) >= 11 is 0. The number of para-hydroxylation sites is 1. The van der Waals surface area contributed by atoms with E-state index in [-0.39, 0.29) is 11.7 Å². The van der Waals surface area contributed by atoms with Crippen molar-refractivity contribution in [2.45, 2.75) is 5.92 Å². The number of halogens is 1. The Morgan fingerprint density at radius 2 is 1.95 bits per heavy atom. The quantitative estimate of drug-likeness (QED) is 0.695. The molecule has 0 aliphatic carbocycles. The highest BCUT2D eigenvalue weighted by Gasteiger charge is 2.21. The highest BCUT2D eigenvalue weighted by atomic mass is 19.1. The normalized spacial score (nSPS) is 16.9. The second kappa shape index (κ2) is 4.23. The summed E-state index contributed by atoms with van der Waals surface area (Å²) in [6.45, 7) is 0. The van der Waals surface area contributed by atoms with Gasteiger partial charge in [0, 0.05) is 28.6 Å². The first kappa shape index (κ1) is 11.3. The largest absolute Gasteiger partial charge is 0.465 e. The Labute approximate surface area is 115 Å². The second-order valence-corrected chi connectivity index (χ2v) is 4.90. The SMILES string of the molecule is Fc1ccc2[nH]cc(C3C=COc4ccccc43)c2c1. The zero-order valence-corrected chi connectivity index (χ0v) is 10.6. The van der Waals surface area contributed by atoms with Crippen molar-refractivity contribution in [1.29, 1.82) is 0 Å². The fourth-order valence-corrected chi connectivity index (χ4v) is 2.78. The van der Waals surface area contributed by atoms with E-state index in [4.69, 9.17) is 4.74 Å². The van der Waals surface area contributed by atoms with Gasteiger partial charge in [0.15, 0.2) is 0 Å². The van der Waals surface area contributed by atoms with Crippen molar-refractivity contribution in [3.05, 3.63) is 77.9 Å². The molecule has 2 aromatic carbocycles. The molecule has 0 amide bonds.